The second-order valence-corrected chi connectivity index (χ2v) is 4.20. The van der Waals surface area contributed by atoms with Gasteiger partial charge in [0.1, 0.15) is 0 Å². The quantitative estimate of drug-likeness (QED) is 0.485. The lowest BCUT2D eigenvalue weighted by Gasteiger charge is -2.31. The highest BCUT2D eigenvalue weighted by Crippen LogP contribution is 2.36. The monoisotopic (exact) mass is 165 g/mol. The van der Waals surface area contributed by atoms with E-state index in [9.17, 15) is 0 Å². The first-order valence-corrected chi connectivity index (χ1v) is 4.09. The van der Waals surface area contributed by atoms with E-state index >= 15 is 0 Å². The predicted molar refractivity (Wildman–Crippen MR) is 42.1 cm³/mol. The highest BCUT2D eigenvalue weighted by molar-refractivity contribution is 6.32. The van der Waals surface area contributed by atoms with Crippen molar-refractivity contribution in [3.63, 3.8) is 0 Å². The lowest BCUT2D eigenvalue weighted by Crippen LogP contribution is -2.32. The third-order valence-corrected chi connectivity index (χ3v) is 3.09. The fourth-order valence-corrected chi connectivity index (χ4v) is 1.48. The van der Waals surface area contributed by atoms with E-state index in [1.165, 1.54) is 0 Å². The van der Waals surface area contributed by atoms with Gasteiger partial charge in [-0.1, -0.05) is 0 Å². The van der Waals surface area contributed by atoms with Gasteiger partial charge in [0.05, 0.1) is 10.3 Å². The Balaban J connectivity index is 2.49. The second-order valence-electron chi connectivity index (χ2n) is 2.81. The van der Waals surface area contributed by atoms with Gasteiger partial charge in [-0.2, -0.15) is 0 Å². The molecule has 0 aliphatic heterocycles. The highest BCUT2D eigenvalue weighted by Gasteiger charge is 2.32. The van der Waals surface area contributed by atoms with Crippen LogP contribution >= 0.6 is 23.2 Å². The fraction of sp³-hybridized carbons (Fsp3) is 0.857. The summed E-state index contributed by atoms with van der Waals surface area (Å²) >= 11 is 12.0. The molecule has 0 spiro atoms. The van der Waals surface area contributed by atoms with Crippen molar-refractivity contribution in [2.45, 2.75) is 36.4 Å². The first kappa shape index (κ1) is 7.68. The van der Waals surface area contributed by atoms with Crippen LogP contribution in [0.3, 0.4) is 0 Å². The van der Waals surface area contributed by atoms with Crippen LogP contribution in [0, 0.1) is 6.42 Å². The molecule has 53 valence electrons. The van der Waals surface area contributed by atoms with Crippen molar-refractivity contribution in [1.82, 2.24) is 0 Å². The molecule has 0 saturated heterocycles. The Morgan fingerprint density at radius 1 is 1.67 bits per heavy atom. The smallest absolute Gasteiger partial charge is 0.0582 e. The summed E-state index contributed by atoms with van der Waals surface area (Å²) in [4.78, 5) is -0.156. The summed E-state index contributed by atoms with van der Waals surface area (Å²) in [7, 11) is 0. The molecule has 1 aliphatic carbocycles. The zero-order valence-electron chi connectivity index (χ0n) is 5.53. The van der Waals surface area contributed by atoms with Crippen LogP contribution in [0.15, 0.2) is 0 Å². The molecule has 2 atom stereocenters. The van der Waals surface area contributed by atoms with Crippen LogP contribution in [0.1, 0.15) is 26.2 Å². The van der Waals surface area contributed by atoms with Gasteiger partial charge in [0.2, 0.25) is 0 Å². The standard InChI is InChI=1S/C7H11Cl2/c1-7(9)5-3-2-4-6(7)8/h2,6H,3-5H2,1H3. The molecule has 0 bridgehead atoms. The van der Waals surface area contributed by atoms with Gasteiger partial charge in [-0.3, -0.25) is 0 Å². The van der Waals surface area contributed by atoms with E-state index in [4.69, 9.17) is 23.2 Å². The van der Waals surface area contributed by atoms with Crippen molar-refractivity contribution < 1.29 is 0 Å². The third kappa shape index (κ3) is 1.75. The second kappa shape index (κ2) is 2.67. The van der Waals surface area contributed by atoms with E-state index < -0.39 is 0 Å². The van der Waals surface area contributed by atoms with Gasteiger partial charge in [0.25, 0.3) is 0 Å². The van der Waals surface area contributed by atoms with E-state index in [1.54, 1.807) is 0 Å². The summed E-state index contributed by atoms with van der Waals surface area (Å²) < 4.78 is 0. The predicted octanol–water partition coefficient (Wildman–Crippen LogP) is 2.98. The van der Waals surface area contributed by atoms with E-state index in [2.05, 4.69) is 6.42 Å². The molecule has 0 N–H and O–H groups in total. The van der Waals surface area contributed by atoms with E-state index in [1.807, 2.05) is 6.92 Å². The normalized spacial score (nSPS) is 45.0. The maximum absolute atomic E-state index is 6.07. The van der Waals surface area contributed by atoms with Crippen molar-refractivity contribution >= 4 is 23.2 Å². The van der Waals surface area contributed by atoms with Crippen LogP contribution in [-0.2, 0) is 0 Å². The minimum absolute atomic E-state index is 0.132. The lowest BCUT2D eigenvalue weighted by atomic mass is 9.89. The summed E-state index contributed by atoms with van der Waals surface area (Å²) in [5.74, 6) is 0. The van der Waals surface area contributed by atoms with Crippen LogP contribution in [0.5, 0.6) is 0 Å². The molecule has 1 rings (SSSR count). The Morgan fingerprint density at radius 3 is 2.67 bits per heavy atom. The molecule has 0 aromatic rings. The van der Waals surface area contributed by atoms with E-state index in [0.717, 1.165) is 19.3 Å². The highest BCUT2D eigenvalue weighted by atomic mass is 35.5. The van der Waals surface area contributed by atoms with E-state index in [-0.39, 0.29) is 10.3 Å². The zero-order chi connectivity index (χ0) is 6.91. The maximum atomic E-state index is 6.07. The Morgan fingerprint density at radius 2 is 2.33 bits per heavy atom. The molecule has 1 radical (unpaired) electrons. The van der Waals surface area contributed by atoms with Crippen LogP contribution in [-0.4, -0.2) is 10.3 Å². The molecule has 0 nitrogen and oxygen atoms in total. The molecule has 0 aromatic heterocycles. The van der Waals surface area contributed by atoms with Crippen molar-refractivity contribution in [3.8, 4) is 0 Å². The maximum Gasteiger partial charge on any atom is 0.0582 e. The summed E-state index contributed by atoms with van der Waals surface area (Å²) in [5.41, 5.74) is 0. The number of hydrogen-bond acceptors (Lipinski definition) is 0. The first-order chi connectivity index (χ1) is 4.13. The number of alkyl halides is 2. The van der Waals surface area contributed by atoms with Crippen LogP contribution < -0.4 is 0 Å². The van der Waals surface area contributed by atoms with Crippen LogP contribution in [0.25, 0.3) is 0 Å². The summed E-state index contributed by atoms with van der Waals surface area (Å²) in [6.07, 6.45) is 5.30. The molecule has 1 fully saturated rings. The van der Waals surface area contributed by atoms with Crippen molar-refractivity contribution in [1.29, 1.82) is 0 Å². The van der Waals surface area contributed by atoms with Gasteiger partial charge in [0, 0.05) is 0 Å². The minimum atomic E-state index is -0.156. The van der Waals surface area contributed by atoms with Gasteiger partial charge in [-0.15, -0.1) is 23.2 Å². The van der Waals surface area contributed by atoms with Crippen molar-refractivity contribution in [3.05, 3.63) is 6.42 Å². The van der Waals surface area contributed by atoms with Crippen LogP contribution in [0.4, 0.5) is 0 Å². The Hall–Kier alpha value is 0.580. The lowest BCUT2D eigenvalue weighted by molar-refractivity contribution is 0.481. The molecular formula is C7H11Cl2. The SMILES string of the molecule is CC1(Cl)CC[CH]CC1Cl. The molecule has 0 aromatic carbocycles. The average Bonchev–Trinajstić information content (AvgIpc) is 1.77. The third-order valence-electron chi connectivity index (χ3n) is 1.86. The fourth-order valence-electron chi connectivity index (χ4n) is 1.05. The topological polar surface area (TPSA) is 0 Å². The number of halogens is 2. The summed E-state index contributed by atoms with van der Waals surface area (Å²) in [5, 5.41) is 0.132. The Bertz CT molecular complexity index is 99.1. The molecule has 9 heavy (non-hydrogen) atoms. The number of hydrogen-bond donors (Lipinski definition) is 0. The molecule has 2 heteroatoms. The summed E-state index contributed by atoms with van der Waals surface area (Å²) in [6.45, 7) is 2.01. The van der Waals surface area contributed by atoms with Gasteiger partial charge in [-0.05, 0) is 32.6 Å². The van der Waals surface area contributed by atoms with Gasteiger partial charge < -0.3 is 0 Å². The van der Waals surface area contributed by atoms with E-state index in [0.29, 0.717) is 0 Å². The number of rotatable bonds is 0. The average molecular weight is 166 g/mol. The summed E-state index contributed by atoms with van der Waals surface area (Å²) in [6, 6.07) is 0. The zero-order valence-corrected chi connectivity index (χ0v) is 7.04. The molecule has 0 amide bonds. The molecule has 1 aliphatic rings. The van der Waals surface area contributed by atoms with Crippen molar-refractivity contribution in [2.24, 2.45) is 0 Å². The molecule has 2 unspecified atom stereocenters. The molecule has 1 saturated carbocycles. The van der Waals surface area contributed by atoms with Gasteiger partial charge in [0.15, 0.2) is 0 Å². The van der Waals surface area contributed by atoms with Gasteiger partial charge >= 0.3 is 0 Å². The van der Waals surface area contributed by atoms with Crippen molar-refractivity contribution in [2.75, 3.05) is 0 Å². The largest absolute Gasteiger partial charge is 0.121 e. The Kier molecular flexibility index (Phi) is 2.28. The Labute approximate surface area is 66.5 Å². The minimum Gasteiger partial charge on any atom is -0.121 e. The van der Waals surface area contributed by atoms with Gasteiger partial charge in [-0.25, -0.2) is 0 Å². The molecule has 0 heterocycles. The molecular weight excluding hydrogens is 155 g/mol. The van der Waals surface area contributed by atoms with Crippen LogP contribution in [0.2, 0.25) is 0 Å². The first-order valence-electron chi connectivity index (χ1n) is 3.27.